The fraction of sp³-hybridized carbons (Fsp3) is 0.353. The molecule has 0 aromatic rings. The second-order valence-corrected chi connectivity index (χ2v) is 5.63. The summed E-state index contributed by atoms with van der Waals surface area (Å²) in [6.45, 7) is 7.76. The first-order valence-electron chi connectivity index (χ1n) is 7.47. The number of hydrogen-bond acceptors (Lipinski definition) is 3. The SMILES string of the molecule is CC(C)N(C(=O)[C]1[CH][CH][CH][C]1B(O)O)C(C)C.[CH]1[CH][CH][CH][CH]1.[Fe]. The molecule has 2 aliphatic rings. The molecule has 126 valence electrons. The van der Waals surface area contributed by atoms with Crippen molar-refractivity contribution in [2.75, 3.05) is 0 Å². The number of rotatable bonds is 4. The van der Waals surface area contributed by atoms with Crippen LogP contribution in [-0.4, -0.2) is 40.1 Å². The summed E-state index contributed by atoms with van der Waals surface area (Å²) in [6.07, 6.45) is 14.8. The number of nitrogens with zero attached hydrogens (tertiary/aromatic N) is 1. The molecule has 0 aromatic carbocycles. The van der Waals surface area contributed by atoms with Crippen molar-refractivity contribution in [3.05, 3.63) is 63.1 Å². The topological polar surface area (TPSA) is 60.8 Å². The Morgan fingerprint density at radius 1 is 0.913 bits per heavy atom. The standard InChI is InChI=1S/C12H19BNO3.C5H5.Fe/c1-8(2)14(9(3)4)12(15)10-6-5-7-11(10)13(16)17;1-2-4-5-3-1;/h5-9,16-17H,1-4H3;1-5H;. The molecule has 1 amide bonds. The molecule has 2 rings (SSSR count). The minimum absolute atomic E-state index is 0. The van der Waals surface area contributed by atoms with Gasteiger partial charge in [0.15, 0.2) is 0 Å². The van der Waals surface area contributed by atoms with Crippen LogP contribution in [0, 0.1) is 63.1 Å². The van der Waals surface area contributed by atoms with Crippen LogP contribution in [0.25, 0.3) is 0 Å². The Kier molecular flexibility index (Phi) is 11.5. The van der Waals surface area contributed by atoms with Gasteiger partial charge >= 0.3 is 7.12 Å². The molecule has 6 heteroatoms. The number of carbonyl (C=O) groups excluding carboxylic acids is 1. The van der Waals surface area contributed by atoms with Gasteiger partial charge in [-0.05, 0) is 79.1 Å². The Balaban J connectivity index is 0.000000684. The predicted octanol–water partition coefficient (Wildman–Crippen LogP) is 1.44. The molecule has 0 unspecified atom stereocenters. The van der Waals surface area contributed by atoms with Crippen molar-refractivity contribution in [2.45, 2.75) is 39.8 Å². The van der Waals surface area contributed by atoms with Crippen molar-refractivity contribution < 1.29 is 31.9 Å². The summed E-state index contributed by atoms with van der Waals surface area (Å²) < 4.78 is 0. The first-order valence-corrected chi connectivity index (χ1v) is 7.47. The van der Waals surface area contributed by atoms with Gasteiger partial charge in [-0.3, -0.25) is 4.79 Å². The molecule has 0 atom stereocenters. The van der Waals surface area contributed by atoms with Gasteiger partial charge in [0.1, 0.15) is 0 Å². The fourth-order valence-electron chi connectivity index (χ4n) is 2.38. The molecule has 2 fully saturated rings. The van der Waals surface area contributed by atoms with E-state index in [-0.39, 0.29) is 40.9 Å². The largest absolute Gasteiger partial charge is 0.459 e. The van der Waals surface area contributed by atoms with E-state index >= 15 is 0 Å². The van der Waals surface area contributed by atoms with Gasteiger partial charge in [0.25, 0.3) is 0 Å². The second-order valence-electron chi connectivity index (χ2n) is 5.63. The second kappa shape index (κ2) is 11.5. The van der Waals surface area contributed by atoms with Gasteiger partial charge in [0.05, 0.1) is 5.92 Å². The maximum Gasteiger partial charge on any atom is 0.459 e. The quantitative estimate of drug-likeness (QED) is 0.749. The zero-order valence-corrected chi connectivity index (χ0v) is 15.1. The molecule has 0 spiro atoms. The molecule has 0 heterocycles. The molecule has 0 aromatic heterocycles. The zero-order valence-electron chi connectivity index (χ0n) is 14.0. The molecular formula is C17H24BFeNO3. The van der Waals surface area contributed by atoms with E-state index in [2.05, 4.69) is 0 Å². The van der Waals surface area contributed by atoms with E-state index in [4.69, 9.17) is 0 Å². The van der Waals surface area contributed by atoms with Crippen molar-refractivity contribution in [1.29, 1.82) is 0 Å². The van der Waals surface area contributed by atoms with E-state index in [1.807, 2.05) is 59.8 Å². The van der Waals surface area contributed by atoms with Crippen molar-refractivity contribution in [3.63, 3.8) is 0 Å². The monoisotopic (exact) mass is 357 g/mol. The van der Waals surface area contributed by atoms with Crippen molar-refractivity contribution >= 4 is 13.0 Å². The van der Waals surface area contributed by atoms with Crippen LogP contribution in [0.15, 0.2) is 0 Å². The summed E-state index contributed by atoms with van der Waals surface area (Å²) in [4.78, 5) is 14.0. The fourth-order valence-corrected chi connectivity index (χ4v) is 2.38. The van der Waals surface area contributed by atoms with Crippen LogP contribution in [0.1, 0.15) is 27.7 Å². The zero-order chi connectivity index (χ0) is 16.7. The Hall–Kier alpha value is -0.0256. The normalized spacial score (nSPS) is 18.6. The van der Waals surface area contributed by atoms with Gasteiger partial charge in [0.2, 0.25) is 5.91 Å². The molecule has 0 aliphatic heterocycles. The molecule has 23 heavy (non-hydrogen) atoms. The van der Waals surface area contributed by atoms with E-state index in [0.29, 0.717) is 5.92 Å². The van der Waals surface area contributed by atoms with Crippen LogP contribution in [0.2, 0.25) is 0 Å². The molecular weight excluding hydrogens is 333 g/mol. The number of hydrogen-bond donors (Lipinski definition) is 2. The van der Waals surface area contributed by atoms with E-state index in [1.54, 1.807) is 24.2 Å². The van der Waals surface area contributed by atoms with Gasteiger partial charge in [-0.15, -0.1) is 0 Å². The summed E-state index contributed by atoms with van der Waals surface area (Å²) in [5.74, 6) is 0.465. The van der Waals surface area contributed by atoms with Crippen molar-refractivity contribution in [2.24, 2.45) is 0 Å². The van der Waals surface area contributed by atoms with Crippen LogP contribution < -0.4 is 0 Å². The number of amides is 1. The maximum absolute atomic E-state index is 12.3. The van der Waals surface area contributed by atoms with Gasteiger partial charge in [-0.2, -0.15) is 0 Å². The van der Waals surface area contributed by atoms with Crippen LogP contribution >= 0.6 is 0 Å². The minimum atomic E-state index is -1.61. The molecule has 2 aliphatic carbocycles. The van der Waals surface area contributed by atoms with E-state index in [0.717, 1.165) is 0 Å². The molecule has 4 nitrogen and oxygen atoms in total. The minimum Gasteiger partial charge on any atom is -0.427 e. The van der Waals surface area contributed by atoms with E-state index in [9.17, 15) is 14.8 Å². The summed E-state index contributed by atoms with van der Waals surface area (Å²) in [5, 5.41) is 18.4. The average Bonchev–Trinajstić information content (AvgIpc) is 3.12. The third kappa shape index (κ3) is 7.17. The average molecular weight is 357 g/mol. The first kappa shape index (κ1) is 23.0. The first-order chi connectivity index (χ1) is 10.4. The van der Waals surface area contributed by atoms with Crippen molar-refractivity contribution in [1.82, 2.24) is 4.90 Å². The molecule has 0 saturated heterocycles. The Bertz CT molecular complexity index is 320. The Morgan fingerprint density at radius 2 is 1.35 bits per heavy atom. The van der Waals surface area contributed by atoms with Gasteiger partial charge < -0.3 is 14.9 Å². The molecule has 10 radical (unpaired) electrons. The summed E-state index contributed by atoms with van der Waals surface area (Å²) >= 11 is 0. The molecule has 2 N–H and O–H groups in total. The summed E-state index contributed by atoms with van der Waals surface area (Å²) in [7, 11) is -1.61. The van der Waals surface area contributed by atoms with Gasteiger partial charge in [-0.1, -0.05) is 0 Å². The number of carbonyl (C=O) groups is 1. The maximum atomic E-state index is 12.3. The Labute approximate surface area is 153 Å². The molecule has 2 saturated carbocycles. The summed E-state index contributed by atoms with van der Waals surface area (Å²) in [5.41, 5.74) is 0. The smallest absolute Gasteiger partial charge is 0.427 e. The van der Waals surface area contributed by atoms with Gasteiger partial charge in [0, 0.05) is 35.0 Å². The van der Waals surface area contributed by atoms with Crippen molar-refractivity contribution in [3.8, 4) is 0 Å². The van der Waals surface area contributed by atoms with Crippen LogP contribution in [0.3, 0.4) is 0 Å². The van der Waals surface area contributed by atoms with E-state index < -0.39 is 7.12 Å². The summed E-state index contributed by atoms with van der Waals surface area (Å²) in [6, 6.07) is 0.141. The Morgan fingerprint density at radius 3 is 1.70 bits per heavy atom. The van der Waals surface area contributed by atoms with E-state index in [1.165, 1.54) is 0 Å². The van der Waals surface area contributed by atoms with Crippen LogP contribution in [-0.2, 0) is 21.9 Å². The van der Waals surface area contributed by atoms with Gasteiger partial charge in [-0.25, -0.2) is 0 Å². The third-order valence-electron chi connectivity index (χ3n) is 3.26. The molecule has 0 bridgehead atoms. The third-order valence-corrected chi connectivity index (χ3v) is 3.26. The van der Waals surface area contributed by atoms with Crippen LogP contribution in [0.4, 0.5) is 0 Å². The predicted molar refractivity (Wildman–Crippen MR) is 88.2 cm³/mol. The van der Waals surface area contributed by atoms with Crippen LogP contribution in [0.5, 0.6) is 0 Å².